The molecule has 1 heterocycles. The minimum Gasteiger partial charge on any atom is -0.268 e. The Balaban J connectivity index is 1.77. The van der Waals surface area contributed by atoms with Gasteiger partial charge in [0.1, 0.15) is 5.82 Å². The number of halogens is 1. The number of hydrogen-bond donors (Lipinski definition) is 0. The van der Waals surface area contributed by atoms with E-state index in [2.05, 4.69) is 34.7 Å². The van der Waals surface area contributed by atoms with Crippen LogP contribution in [0.1, 0.15) is 11.4 Å². The maximum absolute atomic E-state index is 13.5. The van der Waals surface area contributed by atoms with E-state index in [0.29, 0.717) is 16.7 Å². The van der Waals surface area contributed by atoms with E-state index in [0.717, 1.165) is 25.6 Å². The lowest BCUT2D eigenvalue weighted by Gasteiger charge is -2.12. The highest BCUT2D eigenvalue weighted by Crippen LogP contribution is 2.21. The Morgan fingerprint density at radius 2 is 1.53 bits per heavy atom. The zero-order chi connectivity index (χ0) is 20.5. The molecule has 5 aromatic rings. The second kappa shape index (κ2) is 7.88. The molecule has 0 aliphatic heterocycles. The normalized spacial score (nSPS) is 11.5. The van der Waals surface area contributed by atoms with Crippen molar-refractivity contribution in [2.24, 2.45) is 0 Å². The van der Waals surface area contributed by atoms with Gasteiger partial charge in [-0.05, 0) is 75.3 Å². The molecule has 5 rings (SSSR count). The van der Waals surface area contributed by atoms with E-state index >= 15 is 0 Å². The molecular formula is C26H17IN2O. The van der Waals surface area contributed by atoms with Crippen LogP contribution in [-0.4, -0.2) is 9.55 Å². The van der Waals surface area contributed by atoms with Crippen molar-refractivity contribution in [3.8, 4) is 5.69 Å². The highest BCUT2D eigenvalue weighted by molar-refractivity contribution is 14.1. The summed E-state index contributed by atoms with van der Waals surface area (Å²) in [5.41, 5.74) is 2.49. The molecular weight excluding hydrogens is 483 g/mol. The molecule has 0 unspecified atom stereocenters. The van der Waals surface area contributed by atoms with Crippen molar-refractivity contribution in [3.63, 3.8) is 0 Å². The van der Waals surface area contributed by atoms with Gasteiger partial charge in [0.2, 0.25) is 0 Å². The average molecular weight is 500 g/mol. The summed E-state index contributed by atoms with van der Waals surface area (Å²) < 4.78 is 2.71. The fourth-order valence-corrected chi connectivity index (χ4v) is 4.08. The van der Waals surface area contributed by atoms with Crippen LogP contribution in [0.2, 0.25) is 0 Å². The predicted octanol–water partition coefficient (Wildman–Crippen LogP) is 6.31. The molecule has 0 aliphatic carbocycles. The second-order valence-electron chi connectivity index (χ2n) is 7.05. The molecule has 0 spiro atoms. The van der Waals surface area contributed by atoms with Crippen molar-refractivity contribution in [2.75, 3.05) is 0 Å². The average Bonchev–Trinajstić information content (AvgIpc) is 2.78. The van der Waals surface area contributed by atoms with Gasteiger partial charge in [-0.15, -0.1) is 0 Å². The molecule has 0 aliphatic rings. The van der Waals surface area contributed by atoms with Crippen molar-refractivity contribution in [1.29, 1.82) is 0 Å². The molecule has 0 atom stereocenters. The van der Waals surface area contributed by atoms with Gasteiger partial charge in [0, 0.05) is 3.57 Å². The Bertz CT molecular complexity index is 1470. The van der Waals surface area contributed by atoms with Crippen LogP contribution in [0.25, 0.3) is 39.5 Å². The molecule has 0 saturated heterocycles. The first-order chi connectivity index (χ1) is 14.7. The second-order valence-corrected chi connectivity index (χ2v) is 8.29. The van der Waals surface area contributed by atoms with Crippen LogP contribution in [0, 0.1) is 3.57 Å². The Hall–Kier alpha value is -3.25. The highest BCUT2D eigenvalue weighted by Gasteiger charge is 2.12. The summed E-state index contributed by atoms with van der Waals surface area (Å²) in [5.74, 6) is 0.604. The smallest absolute Gasteiger partial charge is 0.266 e. The molecule has 0 amide bonds. The minimum atomic E-state index is -0.0680. The van der Waals surface area contributed by atoms with Crippen LogP contribution in [0.3, 0.4) is 0 Å². The number of rotatable bonds is 3. The van der Waals surface area contributed by atoms with Crippen molar-refractivity contribution in [3.05, 3.63) is 116 Å². The summed E-state index contributed by atoms with van der Waals surface area (Å²) in [6.45, 7) is 0. The van der Waals surface area contributed by atoms with E-state index < -0.39 is 0 Å². The molecule has 0 fully saturated rings. The number of hydrogen-bond acceptors (Lipinski definition) is 2. The lowest BCUT2D eigenvalue weighted by molar-refractivity contribution is 0.945. The molecule has 0 N–H and O–H groups in total. The maximum Gasteiger partial charge on any atom is 0.266 e. The molecule has 1 aromatic heterocycles. The lowest BCUT2D eigenvalue weighted by Crippen LogP contribution is -2.22. The first-order valence-electron chi connectivity index (χ1n) is 9.64. The van der Waals surface area contributed by atoms with E-state index in [1.54, 1.807) is 4.57 Å². The predicted molar refractivity (Wildman–Crippen MR) is 133 cm³/mol. The van der Waals surface area contributed by atoms with Crippen molar-refractivity contribution in [1.82, 2.24) is 9.55 Å². The van der Waals surface area contributed by atoms with Crippen LogP contribution >= 0.6 is 22.6 Å². The summed E-state index contributed by atoms with van der Waals surface area (Å²) in [4.78, 5) is 18.4. The number of fused-ring (bicyclic) bond motifs is 2. The standard InChI is InChI=1S/C26H17IN2O/c27-21-12-14-24-23(17-21)26(30)29(22-13-11-19-8-4-5-9-20(19)16-22)25(28-24)15-10-18-6-2-1-3-7-18/h1-17H. The molecule has 144 valence electrons. The summed E-state index contributed by atoms with van der Waals surface area (Å²) in [7, 11) is 0. The van der Waals surface area contributed by atoms with Gasteiger partial charge in [0.15, 0.2) is 0 Å². The van der Waals surface area contributed by atoms with Gasteiger partial charge >= 0.3 is 0 Å². The summed E-state index contributed by atoms with van der Waals surface area (Å²) >= 11 is 2.23. The maximum atomic E-state index is 13.5. The molecule has 0 saturated carbocycles. The minimum absolute atomic E-state index is 0.0680. The van der Waals surface area contributed by atoms with Gasteiger partial charge in [-0.3, -0.25) is 9.36 Å². The molecule has 3 nitrogen and oxygen atoms in total. The van der Waals surface area contributed by atoms with Crippen LogP contribution in [0.15, 0.2) is 95.8 Å². The summed E-state index contributed by atoms with van der Waals surface area (Å²) in [5, 5.41) is 2.84. The number of nitrogens with zero attached hydrogens (tertiary/aromatic N) is 2. The molecule has 0 radical (unpaired) electrons. The number of benzene rings is 4. The summed E-state index contributed by atoms with van der Waals surface area (Å²) in [6.07, 6.45) is 3.89. The Labute approximate surface area is 187 Å². The van der Waals surface area contributed by atoms with E-state index in [-0.39, 0.29) is 5.56 Å². The van der Waals surface area contributed by atoms with Gasteiger partial charge in [-0.25, -0.2) is 4.98 Å². The zero-order valence-electron chi connectivity index (χ0n) is 16.0. The van der Waals surface area contributed by atoms with E-state index in [4.69, 9.17) is 4.98 Å². The Morgan fingerprint density at radius 1 is 0.767 bits per heavy atom. The van der Waals surface area contributed by atoms with Gasteiger partial charge in [0.05, 0.1) is 16.6 Å². The largest absolute Gasteiger partial charge is 0.268 e. The van der Waals surface area contributed by atoms with Gasteiger partial charge < -0.3 is 0 Å². The SMILES string of the molecule is O=c1c2cc(I)ccc2nc(C=Cc2ccccc2)n1-c1ccc2ccccc2c1. The van der Waals surface area contributed by atoms with Gasteiger partial charge in [0.25, 0.3) is 5.56 Å². The topological polar surface area (TPSA) is 34.9 Å². The first kappa shape index (κ1) is 18.8. The van der Waals surface area contributed by atoms with Crippen molar-refractivity contribution >= 4 is 56.4 Å². The third-order valence-electron chi connectivity index (χ3n) is 5.07. The third-order valence-corrected chi connectivity index (χ3v) is 5.74. The monoisotopic (exact) mass is 500 g/mol. The highest BCUT2D eigenvalue weighted by atomic mass is 127. The van der Waals surface area contributed by atoms with Gasteiger partial charge in [-0.2, -0.15) is 0 Å². The number of aromatic nitrogens is 2. The Morgan fingerprint density at radius 3 is 2.37 bits per heavy atom. The fraction of sp³-hybridized carbons (Fsp3) is 0. The van der Waals surface area contributed by atoms with Crippen LogP contribution in [0.4, 0.5) is 0 Å². The van der Waals surface area contributed by atoms with Gasteiger partial charge in [-0.1, -0.05) is 66.7 Å². The van der Waals surface area contributed by atoms with E-state index in [1.165, 1.54) is 0 Å². The van der Waals surface area contributed by atoms with Crippen molar-refractivity contribution < 1.29 is 0 Å². The van der Waals surface area contributed by atoms with Crippen molar-refractivity contribution in [2.45, 2.75) is 0 Å². The molecule has 4 heteroatoms. The summed E-state index contributed by atoms with van der Waals surface area (Å²) in [6, 6.07) is 30.0. The lowest BCUT2D eigenvalue weighted by atomic mass is 10.1. The fourth-order valence-electron chi connectivity index (χ4n) is 3.59. The molecule has 30 heavy (non-hydrogen) atoms. The van der Waals surface area contributed by atoms with Crippen LogP contribution in [0.5, 0.6) is 0 Å². The van der Waals surface area contributed by atoms with Crippen LogP contribution in [-0.2, 0) is 0 Å². The van der Waals surface area contributed by atoms with E-state index in [1.807, 2.05) is 91.0 Å². The van der Waals surface area contributed by atoms with E-state index in [9.17, 15) is 4.79 Å². The van der Waals surface area contributed by atoms with Crippen LogP contribution < -0.4 is 5.56 Å². The first-order valence-corrected chi connectivity index (χ1v) is 10.7. The molecule has 4 aromatic carbocycles. The Kier molecular flexibility index (Phi) is 4.93. The molecule has 0 bridgehead atoms. The quantitative estimate of drug-likeness (QED) is 0.272. The zero-order valence-corrected chi connectivity index (χ0v) is 18.2. The third kappa shape index (κ3) is 3.55.